The maximum absolute atomic E-state index is 11.9. The highest BCUT2D eigenvalue weighted by molar-refractivity contribution is 5.81. The molecule has 0 bridgehead atoms. The molecule has 1 fully saturated rings. The fraction of sp³-hybridized carbons (Fsp3) is 0.976. The molecule has 0 aromatic heterocycles. The summed E-state index contributed by atoms with van der Waals surface area (Å²) in [5.74, 6) is 0.245. The van der Waals surface area contributed by atoms with E-state index in [1.165, 1.54) is 70.6 Å². The van der Waals surface area contributed by atoms with Gasteiger partial charge in [0.05, 0.1) is 5.41 Å². The highest BCUT2D eigenvalue weighted by Gasteiger charge is 2.64. The predicted octanol–water partition coefficient (Wildman–Crippen LogP) is 14.5. The number of hydrogen-bond acceptors (Lipinski definition) is 2. The van der Waals surface area contributed by atoms with Crippen molar-refractivity contribution in [3.8, 4) is 0 Å². The van der Waals surface area contributed by atoms with Crippen molar-refractivity contribution in [1.82, 2.24) is 0 Å². The van der Waals surface area contributed by atoms with Gasteiger partial charge in [-0.2, -0.15) is 0 Å². The zero-order valence-electron chi connectivity index (χ0n) is 34.2. The molecule has 262 valence electrons. The van der Waals surface area contributed by atoms with Gasteiger partial charge in [-0.15, -0.1) is 0 Å². The van der Waals surface area contributed by atoms with Gasteiger partial charge in [0.25, 0.3) is 0 Å². The van der Waals surface area contributed by atoms with E-state index in [-0.39, 0.29) is 22.4 Å². The summed E-state index contributed by atoms with van der Waals surface area (Å²) >= 11 is 0. The van der Waals surface area contributed by atoms with Crippen LogP contribution in [0.25, 0.3) is 0 Å². The lowest BCUT2D eigenvalue weighted by Crippen LogP contribution is -2.47. The summed E-state index contributed by atoms with van der Waals surface area (Å²) in [6.07, 6.45) is 14.9. The second-order valence-electron chi connectivity index (χ2n) is 18.7. The topological polar surface area (TPSA) is 26.3 Å². The molecule has 43 heavy (non-hydrogen) atoms. The monoisotopic (exact) mass is 611 g/mol. The molecule has 0 aromatic carbocycles. The van der Waals surface area contributed by atoms with Gasteiger partial charge < -0.3 is 4.74 Å². The summed E-state index contributed by atoms with van der Waals surface area (Å²) in [6, 6.07) is 0. The maximum Gasteiger partial charge on any atom is 0.313 e. The molecule has 1 saturated heterocycles. The predicted molar refractivity (Wildman–Crippen MR) is 197 cm³/mol. The first-order valence-corrected chi connectivity index (χ1v) is 18.3. The molecule has 2 heteroatoms. The minimum Gasteiger partial charge on any atom is -0.459 e. The number of rotatable bonds is 12. The SMILES string of the molecule is CC(C)C1(C)C(=O)OC(C)(C)C1(C)C.CCC(C)(C)CC.CCC(C)(C)CCC(C)(C)C.CCCCCCC(C)(C)CC. The quantitative estimate of drug-likeness (QED) is 0.162. The van der Waals surface area contributed by atoms with E-state index in [0.717, 1.165) is 0 Å². The lowest BCUT2D eigenvalue weighted by molar-refractivity contribution is -0.153. The van der Waals surface area contributed by atoms with Crippen LogP contribution in [-0.2, 0) is 9.53 Å². The van der Waals surface area contributed by atoms with Gasteiger partial charge in [0, 0.05) is 5.41 Å². The Labute approximate surface area is 275 Å². The third-order valence-corrected chi connectivity index (χ3v) is 11.8. The molecule has 1 aliphatic heterocycles. The minimum atomic E-state index is -0.378. The second kappa shape index (κ2) is 19.2. The zero-order chi connectivity index (χ0) is 35.1. The number of unbranched alkanes of at least 4 members (excludes halogenated alkanes) is 3. The van der Waals surface area contributed by atoms with E-state index in [1.807, 2.05) is 20.8 Å². The van der Waals surface area contributed by atoms with Crippen molar-refractivity contribution >= 4 is 5.97 Å². The van der Waals surface area contributed by atoms with Gasteiger partial charge >= 0.3 is 5.97 Å². The molecule has 1 atom stereocenters. The molecule has 0 aromatic rings. The van der Waals surface area contributed by atoms with Gasteiger partial charge in [0.2, 0.25) is 0 Å². The van der Waals surface area contributed by atoms with Gasteiger partial charge in [0.15, 0.2) is 0 Å². The van der Waals surface area contributed by atoms with E-state index >= 15 is 0 Å². The van der Waals surface area contributed by atoms with Crippen LogP contribution in [0.3, 0.4) is 0 Å². The number of ether oxygens (including phenoxy) is 1. The molecule has 0 N–H and O–H groups in total. The standard InChI is InChI=1S/C12H22O2.2C11H24.C7H16/c1-8(2)12(7)9(13)14-11(5,6)10(12,3)4;1-7-11(5,6)9-8-10(2,3)4;1-5-7-8-9-10-11(3,4)6-2;1-5-7(3,4)6-2/h8H,1-7H3;7-9H2,1-6H3;5-10H2,1-4H3;5-6H2,1-4H3. The smallest absolute Gasteiger partial charge is 0.313 e. The largest absolute Gasteiger partial charge is 0.459 e. The first-order valence-electron chi connectivity index (χ1n) is 18.3. The highest BCUT2D eigenvalue weighted by atomic mass is 16.6. The molecule has 1 rings (SSSR count). The number of cyclic esters (lactones) is 1. The van der Waals surface area contributed by atoms with Crippen molar-refractivity contribution in [3.05, 3.63) is 0 Å². The third kappa shape index (κ3) is 17.7. The average molecular weight is 611 g/mol. The van der Waals surface area contributed by atoms with Crippen LogP contribution < -0.4 is 0 Å². The number of carbonyl (C=O) groups is 1. The number of carbonyl (C=O) groups excluding carboxylic acids is 1. The van der Waals surface area contributed by atoms with Crippen LogP contribution in [0.2, 0.25) is 0 Å². The summed E-state index contributed by atoms with van der Waals surface area (Å²) in [5, 5.41) is 0. The molecule has 1 heterocycles. The van der Waals surface area contributed by atoms with E-state index < -0.39 is 0 Å². The molecule has 0 saturated carbocycles. The van der Waals surface area contributed by atoms with Crippen LogP contribution >= 0.6 is 0 Å². The van der Waals surface area contributed by atoms with Gasteiger partial charge in [-0.1, -0.05) is 176 Å². The molecule has 1 aliphatic rings. The average Bonchev–Trinajstić information content (AvgIpc) is 3.02. The van der Waals surface area contributed by atoms with Gasteiger partial charge in [-0.05, 0) is 67.6 Å². The fourth-order valence-corrected chi connectivity index (χ4v) is 4.65. The van der Waals surface area contributed by atoms with Gasteiger partial charge in [-0.25, -0.2) is 0 Å². The van der Waals surface area contributed by atoms with Gasteiger partial charge in [0.1, 0.15) is 5.60 Å². The Morgan fingerprint density at radius 1 is 0.581 bits per heavy atom. The van der Waals surface area contributed by atoms with Gasteiger partial charge in [-0.3, -0.25) is 4.79 Å². The van der Waals surface area contributed by atoms with Crippen LogP contribution in [0.4, 0.5) is 0 Å². The van der Waals surface area contributed by atoms with Crippen LogP contribution in [0.1, 0.15) is 216 Å². The zero-order valence-corrected chi connectivity index (χ0v) is 34.2. The summed E-state index contributed by atoms with van der Waals surface area (Å²) < 4.78 is 5.50. The molecule has 0 spiro atoms. The van der Waals surface area contributed by atoms with Crippen molar-refractivity contribution in [2.24, 2.45) is 38.4 Å². The molecule has 2 nitrogen and oxygen atoms in total. The summed E-state index contributed by atoms with van der Waals surface area (Å²) in [4.78, 5) is 11.9. The van der Waals surface area contributed by atoms with E-state index in [0.29, 0.717) is 27.6 Å². The summed E-state index contributed by atoms with van der Waals surface area (Å²) in [6.45, 7) is 46.8. The summed E-state index contributed by atoms with van der Waals surface area (Å²) in [5.41, 5.74) is 1.35. The minimum absolute atomic E-state index is 0.0532. The number of esters is 1. The van der Waals surface area contributed by atoms with Crippen molar-refractivity contribution in [2.75, 3.05) is 0 Å². The molecule has 1 unspecified atom stereocenters. The summed E-state index contributed by atoms with van der Waals surface area (Å²) in [7, 11) is 0. The molecule has 0 aliphatic carbocycles. The third-order valence-electron chi connectivity index (χ3n) is 11.8. The molecule has 0 amide bonds. The molecule has 0 radical (unpaired) electrons. The Balaban J connectivity index is -0.000000510. The molecular weight excluding hydrogens is 524 g/mol. The first kappa shape index (κ1) is 46.9. The van der Waals surface area contributed by atoms with E-state index in [4.69, 9.17) is 4.74 Å². The Bertz CT molecular complexity index is 723. The Kier molecular flexibility index (Phi) is 20.9. The van der Waals surface area contributed by atoms with Crippen LogP contribution in [-0.4, -0.2) is 11.6 Å². The van der Waals surface area contributed by atoms with Crippen molar-refractivity contribution in [2.45, 2.75) is 222 Å². The van der Waals surface area contributed by atoms with Crippen molar-refractivity contribution in [1.29, 1.82) is 0 Å². The van der Waals surface area contributed by atoms with Crippen molar-refractivity contribution < 1.29 is 9.53 Å². The normalized spacial score (nSPS) is 19.8. The highest BCUT2D eigenvalue weighted by Crippen LogP contribution is 2.58. The van der Waals surface area contributed by atoms with E-state index in [1.54, 1.807) is 0 Å². The lowest BCUT2D eigenvalue weighted by Gasteiger charge is -2.42. The lowest BCUT2D eigenvalue weighted by atomic mass is 9.57. The van der Waals surface area contributed by atoms with Crippen molar-refractivity contribution in [3.63, 3.8) is 0 Å². The van der Waals surface area contributed by atoms with E-state index in [2.05, 4.69) is 125 Å². The fourth-order valence-electron chi connectivity index (χ4n) is 4.65. The first-order chi connectivity index (χ1) is 19.1. The Morgan fingerprint density at radius 3 is 1.21 bits per heavy atom. The van der Waals surface area contributed by atoms with E-state index in [9.17, 15) is 4.79 Å². The maximum atomic E-state index is 11.9. The Hall–Kier alpha value is -0.530. The Morgan fingerprint density at radius 2 is 0.977 bits per heavy atom. The van der Waals surface area contributed by atoms with Crippen LogP contribution in [0, 0.1) is 38.4 Å². The van der Waals surface area contributed by atoms with Crippen LogP contribution in [0.5, 0.6) is 0 Å². The molecular formula is C41H86O2. The van der Waals surface area contributed by atoms with Crippen LogP contribution in [0.15, 0.2) is 0 Å². The number of hydrogen-bond donors (Lipinski definition) is 0. The second-order valence-corrected chi connectivity index (χ2v) is 18.7.